The molecule has 1 aromatic heterocycles. The number of nitriles is 1. The Bertz CT molecular complexity index is 413. The van der Waals surface area contributed by atoms with Crippen molar-refractivity contribution in [1.29, 1.82) is 5.26 Å². The largest absolute Gasteiger partial charge is 0.356 e. The molecule has 0 spiro atoms. The van der Waals surface area contributed by atoms with E-state index in [9.17, 15) is 0 Å². The van der Waals surface area contributed by atoms with Gasteiger partial charge in [0.15, 0.2) is 0 Å². The molecule has 0 aliphatic heterocycles. The fourth-order valence-corrected chi connectivity index (χ4v) is 1.87. The van der Waals surface area contributed by atoms with Gasteiger partial charge >= 0.3 is 0 Å². The molecule has 0 amide bonds. The van der Waals surface area contributed by atoms with Crippen LogP contribution < -0.4 is 4.90 Å². The number of hydrogen-bond acceptors (Lipinski definition) is 4. The van der Waals surface area contributed by atoms with Crippen LogP contribution >= 0.6 is 15.9 Å². The molecule has 0 saturated heterocycles. The van der Waals surface area contributed by atoms with Gasteiger partial charge in [0.05, 0.1) is 12.5 Å². The van der Waals surface area contributed by atoms with E-state index in [1.165, 1.54) is 0 Å². The van der Waals surface area contributed by atoms with Gasteiger partial charge < -0.3 is 4.90 Å². The van der Waals surface area contributed by atoms with E-state index in [4.69, 9.17) is 5.26 Å². The van der Waals surface area contributed by atoms with Crippen LogP contribution in [0.1, 0.15) is 32.5 Å². The average Bonchev–Trinajstić information content (AvgIpc) is 2.28. The summed E-state index contributed by atoms with van der Waals surface area (Å²) < 4.78 is 0.793. The second kappa shape index (κ2) is 6.55. The van der Waals surface area contributed by atoms with Gasteiger partial charge in [-0.25, -0.2) is 9.97 Å². The molecule has 0 fully saturated rings. The molecule has 1 atom stereocenters. The van der Waals surface area contributed by atoms with Crippen LogP contribution in [0.2, 0.25) is 0 Å². The molecule has 1 unspecified atom stereocenters. The van der Waals surface area contributed by atoms with Gasteiger partial charge in [-0.1, -0.05) is 6.92 Å². The summed E-state index contributed by atoms with van der Waals surface area (Å²) in [6.07, 6.45) is 2.38. The van der Waals surface area contributed by atoms with E-state index in [0.29, 0.717) is 6.42 Å². The van der Waals surface area contributed by atoms with Gasteiger partial charge in [0.25, 0.3) is 0 Å². The molecule has 0 aromatic carbocycles. The SMILES string of the molecule is CCCc1nc(Br)cc(N(C)C(C)CC#N)n1. The quantitative estimate of drug-likeness (QED) is 0.784. The van der Waals surface area contributed by atoms with Crippen molar-refractivity contribution in [2.24, 2.45) is 0 Å². The van der Waals surface area contributed by atoms with Crippen molar-refractivity contribution in [2.75, 3.05) is 11.9 Å². The zero-order valence-electron chi connectivity index (χ0n) is 10.4. The molecule has 1 aromatic rings. The third-order valence-corrected chi connectivity index (χ3v) is 3.02. The Hall–Kier alpha value is -1.15. The minimum absolute atomic E-state index is 0.149. The Morgan fingerprint density at radius 2 is 2.24 bits per heavy atom. The highest BCUT2D eigenvalue weighted by Crippen LogP contribution is 2.18. The van der Waals surface area contributed by atoms with E-state index in [-0.39, 0.29) is 6.04 Å². The maximum Gasteiger partial charge on any atom is 0.133 e. The van der Waals surface area contributed by atoms with Gasteiger partial charge in [0.1, 0.15) is 16.2 Å². The van der Waals surface area contributed by atoms with E-state index in [1.807, 2.05) is 24.9 Å². The number of aromatic nitrogens is 2. The second-order valence-electron chi connectivity index (χ2n) is 4.04. The predicted octanol–water partition coefficient (Wildman–Crippen LogP) is 2.93. The first kappa shape index (κ1) is 13.9. The summed E-state index contributed by atoms with van der Waals surface area (Å²) in [5, 5.41) is 8.71. The molecule has 5 heteroatoms. The molecule has 1 heterocycles. The Morgan fingerprint density at radius 3 is 2.82 bits per heavy atom. The third-order valence-electron chi connectivity index (χ3n) is 2.61. The molecule has 0 aliphatic carbocycles. The molecule has 1 rings (SSSR count). The number of hydrogen-bond donors (Lipinski definition) is 0. The lowest BCUT2D eigenvalue weighted by Crippen LogP contribution is -2.29. The van der Waals surface area contributed by atoms with Crippen molar-refractivity contribution in [1.82, 2.24) is 9.97 Å². The monoisotopic (exact) mass is 296 g/mol. The van der Waals surface area contributed by atoms with E-state index >= 15 is 0 Å². The topological polar surface area (TPSA) is 52.8 Å². The fourth-order valence-electron chi connectivity index (χ4n) is 1.46. The molecule has 0 aliphatic rings. The lowest BCUT2D eigenvalue weighted by atomic mass is 10.2. The molecule has 0 radical (unpaired) electrons. The fraction of sp³-hybridized carbons (Fsp3) is 0.583. The molecular formula is C12H17BrN4. The van der Waals surface area contributed by atoms with Crippen molar-refractivity contribution in [3.05, 3.63) is 16.5 Å². The first-order valence-corrected chi connectivity index (χ1v) is 6.51. The summed E-state index contributed by atoms with van der Waals surface area (Å²) in [6, 6.07) is 4.21. The Labute approximate surface area is 111 Å². The first-order valence-electron chi connectivity index (χ1n) is 5.71. The van der Waals surface area contributed by atoms with Crippen LogP contribution in [0, 0.1) is 11.3 Å². The number of anilines is 1. The average molecular weight is 297 g/mol. The molecule has 0 N–H and O–H groups in total. The Morgan fingerprint density at radius 1 is 1.53 bits per heavy atom. The highest BCUT2D eigenvalue weighted by Gasteiger charge is 2.12. The van der Waals surface area contributed by atoms with E-state index in [2.05, 4.69) is 38.9 Å². The summed E-state index contributed by atoms with van der Waals surface area (Å²) in [5.74, 6) is 1.70. The number of halogens is 1. The third kappa shape index (κ3) is 3.97. The highest BCUT2D eigenvalue weighted by molar-refractivity contribution is 9.10. The molecule has 0 saturated carbocycles. The maximum absolute atomic E-state index is 8.71. The number of aryl methyl sites for hydroxylation is 1. The van der Waals surface area contributed by atoms with Crippen molar-refractivity contribution >= 4 is 21.7 Å². The normalized spacial score (nSPS) is 11.9. The number of nitrogens with zero attached hydrogens (tertiary/aromatic N) is 4. The standard InChI is InChI=1S/C12H17BrN4/c1-4-5-11-15-10(13)8-12(16-11)17(3)9(2)6-7-14/h8-9H,4-6H2,1-3H3. The zero-order chi connectivity index (χ0) is 12.8. The van der Waals surface area contributed by atoms with Crippen molar-refractivity contribution < 1.29 is 0 Å². The molecular weight excluding hydrogens is 280 g/mol. The summed E-state index contributed by atoms with van der Waals surface area (Å²) in [5.41, 5.74) is 0. The number of rotatable bonds is 5. The molecule has 0 bridgehead atoms. The Kier molecular flexibility index (Phi) is 5.36. The van der Waals surface area contributed by atoms with Gasteiger partial charge in [-0.2, -0.15) is 5.26 Å². The van der Waals surface area contributed by atoms with Gasteiger partial charge in [-0.15, -0.1) is 0 Å². The maximum atomic E-state index is 8.71. The summed E-state index contributed by atoms with van der Waals surface area (Å²) in [7, 11) is 1.95. The van der Waals surface area contributed by atoms with Crippen LogP contribution in [0.5, 0.6) is 0 Å². The van der Waals surface area contributed by atoms with Crippen LogP contribution in [0.15, 0.2) is 10.7 Å². The first-order chi connectivity index (χ1) is 8.08. The molecule has 92 valence electrons. The van der Waals surface area contributed by atoms with Crippen molar-refractivity contribution in [2.45, 2.75) is 39.2 Å². The van der Waals surface area contributed by atoms with Gasteiger partial charge in [-0.05, 0) is 29.3 Å². The zero-order valence-corrected chi connectivity index (χ0v) is 12.0. The van der Waals surface area contributed by atoms with Gasteiger partial charge in [0.2, 0.25) is 0 Å². The summed E-state index contributed by atoms with van der Waals surface area (Å²) in [6.45, 7) is 4.12. The Balaban J connectivity index is 2.93. The van der Waals surface area contributed by atoms with E-state index in [1.54, 1.807) is 0 Å². The van der Waals surface area contributed by atoms with Crippen molar-refractivity contribution in [3.63, 3.8) is 0 Å². The van der Waals surface area contributed by atoms with Crippen LogP contribution in [0.4, 0.5) is 5.82 Å². The van der Waals surface area contributed by atoms with Crippen LogP contribution in [0.25, 0.3) is 0 Å². The minimum Gasteiger partial charge on any atom is -0.356 e. The van der Waals surface area contributed by atoms with E-state index < -0.39 is 0 Å². The highest BCUT2D eigenvalue weighted by atomic mass is 79.9. The lowest BCUT2D eigenvalue weighted by molar-refractivity contribution is 0.686. The van der Waals surface area contributed by atoms with Crippen LogP contribution in [-0.2, 0) is 6.42 Å². The molecule has 4 nitrogen and oxygen atoms in total. The smallest absolute Gasteiger partial charge is 0.133 e. The second-order valence-corrected chi connectivity index (χ2v) is 4.85. The van der Waals surface area contributed by atoms with Crippen LogP contribution in [0.3, 0.4) is 0 Å². The molecule has 17 heavy (non-hydrogen) atoms. The van der Waals surface area contributed by atoms with E-state index in [0.717, 1.165) is 29.1 Å². The predicted molar refractivity (Wildman–Crippen MR) is 71.8 cm³/mol. The van der Waals surface area contributed by atoms with Gasteiger partial charge in [0, 0.05) is 25.6 Å². The van der Waals surface area contributed by atoms with Crippen molar-refractivity contribution in [3.8, 4) is 6.07 Å². The minimum atomic E-state index is 0.149. The summed E-state index contributed by atoms with van der Waals surface area (Å²) in [4.78, 5) is 10.8. The summed E-state index contributed by atoms with van der Waals surface area (Å²) >= 11 is 3.40. The van der Waals surface area contributed by atoms with Gasteiger partial charge in [-0.3, -0.25) is 0 Å². The van der Waals surface area contributed by atoms with Crippen LogP contribution in [-0.4, -0.2) is 23.1 Å². The lowest BCUT2D eigenvalue weighted by Gasteiger charge is -2.24.